The first-order valence-electron chi connectivity index (χ1n) is 7.17. The van der Waals surface area contributed by atoms with Crippen molar-refractivity contribution in [1.29, 1.82) is 0 Å². The van der Waals surface area contributed by atoms with Crippen molar-refractivity contribution < 1.29 is 24.4 Å². The summed E-state index contributed by atoms with van der Waals surface area (Å²) in [6.45, 7) is 1.58. The van der Waals surface area contributed by atoms with E-state index in [2.05, 4.69) is 9.97 Å². The largest absolute Gasteiger partial charge is 0.480 e. The molecule has 4 atom stereocenters. The molecular formula is C14H20N4O5. The van der Waals surface area contributed by atoms with Crippen molar-refractivity contribution in [2.24, 2.45) is 0 Å². The maximum atomic E-state index is 10.2. The number of hydrogen-bond acceptors (Lipinski definition) is 8. The molecule has 23 heavy (non-hydrogen) atoms. The number of aliphatic hydroxyl groups is 2. The van der Waals surface area contributed by atoms with Gasteiger partial charge in [0.05, 0.1) is 19.1 Å². The summed E-state index contributed by atoms with van der Waals surface area (Å²) in [7, 11) is 2.99. The maximum Gasteiger partial charge on any atom is 0.227 e. The van der Waals surface area contributed by atoms with Crippen LogP contribution in [0.5, 0.6) is 5.88 Å². The fraction of sp³-hybridized carbons (Fsp3) is 0.571. The lowest BCUT2D eigenvalue weighted by Crippen LogP contribution is -2.34. The summed E-state index contributed by atoms with van der Waals surface area (Å²) < 4.78 is 18.1. The second kappa shape index (κ2) is 5.93. The molecule has 0 amide bonds. The Morgan fingerprint density at radius 3 is 2.74 bits per heavy atom. The second-order valence-corrected chi connectivity index (χ2v) is 5.45. The molecule has 0 saturated carbocycles. The third-order valence-electron chi connectivity index (χ3n) is 4.08. The molecule has 4 N–H and O–H groups in total. The van der Waals surface area contributed by atoms with Crippen molar-refractivity contribution in [3.05, 3.63) is 11.8 Å². The molecule has 0 radical (unpaired) electrons. The molecule has 1 saturated heterocycles. The SMILES string of the molecule is COc1nc(N)nc2c1c(C)cn2[C@@H]1O[C@H](CO)[C@@H](O)[C@H]1OC. The predicted octanol–water partition coefficient (Wildman–Crippen LogP) is -0.404. The molecule has 0 bridgehead atoms. The summed E-state index contributed by atoms with van der Waals surface area (Å²) in [5.74, 6) is 0.440. The third-order valence-corrected chi connectivity index (χ3v) is 4.08. The van der Waals surface area contributed by atoms with E-state index in [0.29, 0.717) is 16.9 Å². The Kier molecular flexibility index (Phi) is 4.11. The Bertz CT molecular complexity index is 719. The minimum absolute atomic E-state index is 0.0694. The number of hydrogen-bond donors (Lipinski definition) is 3. The fourth-order valence-corrected chi connectivity index (χ4v) is 3.00. The molecule has 9 nitrogen and oxygen atoms in total. The monoisotopic (exact) mass is 324 g/mol. The molecule has 3 heterocycles. The lowest BCUT2D eigenvalue weighted by Gasteiger charge is -2.20. The van der Waals surface area contributed by atoms with Crippen LogP contribution in [0.4, 0.5) is 5.95 Å². The van der Waals surface area contributed by atoms with Crippen molar-refractivity contribution in [1.82, 2.24) is 14.5 Å². The highest BCUT2D eigenvalue weighted by atomic mass is 16.6. The first-order valence-corrected chi connectivity index (χ1v) is 7.17. The standard InChI is InChI=1S/C14H20N4O5/c1-6-4-18(11-8(6)12(22-3)17-14(15)16-11)13-10(21-2)9(20)7(5-19)23-13/h4,7,9-10,13,19-20H,5H2,1-3H3,(H2,15,16,17)/t7-,9-,10-,13-/m1/s1. The van der Waals surface area contributed by atoms with Gasteiger partial charge in [-0.1, -0.05) is 0 Å². The van der Waals surface area contributed by atoms with E-state index < -0.39 is 24.5 Å². The van der Waals surface area contributed by atoms with Gasteiger partial charge in [-0.2, -0.15) is 9.97 Å². The highest BCUT2D eigenvalue weighted by Gasteiger charge is 2.45. The third kappa shape index (κ3) is 2.41. The topological polar surface area (TPSA) is 125 Å². The molecule has 3 rings (SSSR count). The van der Waals surface area contributed by atoms with Crippen LogP contribution in [0.1, 0.15) is 11.8 Å². The van der Waals surface area contributed by atoms with E-state index in [1.165, 1.54) is 14.2 Å². The number of nitrogens with two attached hydrogens (primary N) is 1. The number of ether oxygens (including phenoxy) is 3. The van der Waals surface area contributed by atoms with Crippen LogP contribution in [-0.2, 0) is 9.47 Å². The molecule has 2 aromatic rings. The molecule has 1 aliphatic heterocycles. The Labute approximate surface area is 132 Å². The van der Waals surface area contributed by atoms with Gasteiger partial charge in [0.15, 0.2) is 11.9 Å². The normalized spacial score (nSPS) is 27.7. The average molecular weight is 324 g/mol. The van der Waals surface area contributed by atoms with Crippen molar-refractivity contribution >= 4 is 17.0 Å². The van der Waals surface area contributed by atoms with Crippen LogP contribution in [-0.4, -0.2) is 63.9 Å². The maximum absolute atomic E-state index is 10.2. The van der Waals surface area contributed by atoms with Crippen LogP contribution >= 0.6 is 0 Å². The van der Waals surface area contributed by atoms with Gasteiger partial charge >= 0.3 is 0 Å². The number of anilines is 1. The molecule has 1 aliphatic rings. The molecule has 126 valence electrons. The van der Waals surface area contributed by atoms with Gasteiger partial charge in [0, 0.05) is 13.3 Å². The summed E-state index contributed by atoms with van der Waals surface area (Å²) in [6.07, 6.45) is -1.17. The van der Waals surface area contributed by atoms with Crippen molar-refractivity contribution in [2.75, 3.05) is 26.6 Å². The quantitative estimate of drug-likeness (QED) is 0.693. The molecule has 2 aromatic heterocycles. The smallest absolute Gasteiger partial charge is 0.227 e. The van der Waals surface area contributed by atoms with Gasteiger partial charge in [0.1, 0.15) is 18.3 Å². The summed E-state index contributed by atoms with van der Waals surface area (Å²) in [5, 5.41) is 20.3. The van der Waals surface area contributed by atoms with E-state index in [0.717, 1.165) is 5.56 Å². The van der Waals surface area contributed by atoms with E-state index in [1.807, 2.05) is 13.1 Å². The van der Waals surface area contributed by atoms with Crippen LogP contribution in [0.25, 0.3) is 11.0 Å². The number of methoxy groups -OCH3 is 2. The Morgan fingerprint density at radius 2 is 2.13 bits per heavy atom. The molecule has 0 unspecified atom stereocenters. The highest BCUT2D eigenvalue weighted by Crippen LogP contribution is 2.36. The molecule has 9 heteroatoms. The molecule has 0 aromatic carbocycles. The van der Waals surface area contributed by atoms with Gasteiger partial charge in [0.25, 0.3) is 0 Å². The number of nitrogens with zero attached hydrogens (tertiary/aromatic N) is 3. The first-order chi connectivity index (χ1) is 11.0. The van der Waals surface area contributed by atoms with Gasteiger partial charge in [-0.05, 0) is 12.5 Å². The van der Waals surface area contributed by atoms with E-state index in [-0.39, 0.29) is 12.6 Å². The van der Waals surface area contributed by atoms with Crippen molar-refractivity contribution in [2.45, 2.75) is 31.5 Å². The van der Waals surface area contributed by atoms with Crippen LogP contribution in [0.3, 0.4) is 0 Å². The van der Waals surface area contributed by atoms with Gasteiger partial charge in [0.2, 0.25) is 11.8 Å². The molecular weight excluding hydrogens is 304 g/mol. The average Bonchev–Trinajstić information content (AvgIpc) is 3.03. The number of nitrogen functional groups attached to an aromatic ring is 1. The van der Waals surface area contributed by atoms with E-state index >= 15 is 0 Å². The molecule has 1 fully saturated rings. The first kappa shape index (κ1) is 15.9. The number of aryl methyl sites for hydroxylation is 1. The number of aromatic nitrogens is 3. The zero-order valence-electron chi connectivity index (χ0n) is 13.1. The summed E-state index contributed by atoms with van der Waals surface area (Å²) in [5.41, 5.74) is 7.14. The highest BCUT2D eigenvalue weighted by molar-refractivity contribution is 5.86. The van der Waals surface area contributed by atoms with Crippen molar-refractivity contribution in [3.8, 4) is 5.88 Å². The Hall–Kier alpha value is -1.94. The summed E-state index contributed by atoms with van der Waals surface area (Å²) >= 11 is 0. The minimum atomic E-state index is -0.950. The van der Waals surface area contributed by atoms with Crippen LogP contribution < -0.4 is 10.5 Å². The van der Waals surface area contributed by atoms with Crippen LogP contribution in [0, 0.1) is 6.92 Å². The van der Waals surface area contributed by atoms with E-state index in [9.17, 15) is 10.2 Å². The van der Waals surface area contributed by atoms with Crippen molar-refractivity contribution in [3.63, 3.8) is 0 Å². The summed E-state index contributed by atoms with van der Waals surface area (Å²) in [4.78, 5) is 8.34. The number of fused-ring (bicyclic) bond motifs is 1. The van der Waals surface area contributed by atoms with Gasteiger partial charge < -0.3 is 34.7 Å². The Balaban J connectivity index is 2.15. The number of aliphatic hydroxyl groups excluding tert-OH is 2. The van der Waals surface area contributed by atoms with Gasteiger partial charge in [-0.3, -0.25) is 0 Å². The van der Waals surface area contributed by atoms with Crippen LogP contribution in [0.15, 0.2) is 6.20 Å². The van der Waals surface area contributed by atoms with E-state index in [4.69, 9.17) is 19.9 Å². The second-order valence-electron chi connectivity index (χ2n) is 5.45. The minimum Gasteiger partial charge on any atom is -0.480 e. The molecule has 0 aliphatic carbocycles. The van der Waals surface area contributed by atoms with Gasteiger partial charge in [-0.15, -0.1) is 0 Å². The zero-order chi connectivity index (χ0) is 16.7. The lowest BCUT2D eigenvalue weighted by atomic mass is 10.1. The zero-order valence-corrected chi connectivity index (χ0v) is 13.1. The molecule has 0 spiro atoms. The Morgan fingerprint density at radius 1 is 1.39 bits per heavy atom. The fourth-order valence-electron chi connectivity index (χ4n) is 3.00. The predicted molar refractivity (Wildman–Crippen MR) is 81.0 cm³/mol. The van der Waals surface area contributed by atoms with Gasteiger partial charge in [-0.25, -0.2) is 0 Å². The van der Waals surface area contributed by atoms with Crippen LogP contribution in [0.2, 0.25) is 0 Å². The number of rotatable bonds is 4. The summed E-state index contributed by atoms with van der Waals surface area (Å²) in [6, 6.07) is 0. The van der Waals surface area contributed by atoms with E-state index in [1.54, 1.807) is 4.57 Å². The lowest BCUT2D eigenvalue weighted by molar-refractivity contribution is -0.0580.